The highest BCUT2D eigenvalue weighted by atomic mass is 28.3. The number of aryl methyl sites for hydroxylation is 1. The molecule has 0 atom stereocenters. The zero-order chi connectivity index (χ0) is 49.4. The molecule has 0 aliphatic heterocycles. The van der Waals surface area contributed by atoms with Crippen molar-refractivity contribution in [3.63, 3.8) is 0 Å². The average Bonchev–Trinajstić information content (AvgIpc) is 3.90. The van der Waals surface area contributed by atoms with Crippen LogP contribution < -0.4 is 23.7 Å². The minimum Gasteiger partial charge on any atom is -0.497 e. The summed E-state index contributed by atoms with van der Waals surface area (Å²) in [7, 11) is 4.85. The lowest BCUT2D eigenvalue weighted by Gasteiger charge is -2.17. The highest BCUT2D eigenvalue weighted by Crippen LogP contribution is 2.48. The van der Waals surface area contributed by atoms with Crippen LogP contribution in [0.2, 0.25) is 25.7 Å². The fourth-order valence-electron chi connectivity index (χ4n) is 8.69. The van der Waals surface area contributed by atoms with Crippen molar-refractivity contribution in [1.29, 1.82) is 0 Å². The zero-order valence-corrected chi connectivity index (χ0v) is 41.7. The summed E-state index contributed by atoms with van der Waals surface area (Å²) in [6.45, 7) is 7.83. The van der Waals surface area contributed by atoms with Gasteiger partial charge in [-0.1, -0.05) is 86.4 Å². The second-order valence-electron chi connectivity index (χ2n) is 18.1. The molecule has 0 spiro atoms. The normalized spacial score (nSPS) is 11.4. The van der Waals surface area contributed by atoms with E-state index in [1.165, 1.54) is 0 Å². The fourth-order valence-corrected chi connectivity index (χ4v) is 9.45. The molecule has 0 saturated carbocycles. The molecule has 0 aliphatic rings. The molecule has 0 fully saturated rings. The topological polar surface area (TPSA) is 116 Å². The van der Waals surface area contributed by atoms with Gasteiger partial charge in [-0.05, 0) is 108 Å². The summed E-state index contributed by atoms with van der Waals surface area (Å²) in [5.41, 5.74) is 5.95. The highest BCUT2D eigenvalue weighted by molar-refractivity contribution is 6.76. The van der Waals surface area contributed by atoms with Gasteiger partial charge < -0.3 is 37.6 Å². The van der Waals surface area contributed by atoms with Crippen molar-refractivity contribution in [3.8, 4) is 51.0 Å². The standard InChI is InChI=1S/C58H58N2O9Si/c1-64-44-24-16-39(17-25-44)32-33-59-55(57(62)42-20-28-46(66-3)29-21-42)51(41-18-26-45(65-2)27-19-41)53(56(59)58(63)43-22-30-47(67-4)31-23-43)52-48-14-11-15-50(69-37-40-12-9-8-10-13-40)54(48)60(49(52)36-61)38-68-34-35-70(5,6)7/h8-31,36H,32-35,37-38H2,1-7H3. The Hall–Kier alpha value is -7.67. The Bertz CT molecular complexity index is 3100. The molecule has 2 heterocycles. The van der Waals surface area contributed by atoms with E-state index >= 15 is 9.59 Å². The van der Waals surface area contributed by atoms with Crippen molar-refractivity contribution in [2.24, 2.45) is 0 Å². The predicted molar refractivity (Wildman–Crippen MR) is 277 cm³/mol. The molecule has 358 valence electrons. The largest absolute Gasteiger partial charge is 0.497 e. The highest BCUT2D eigenvalue weighted by Gasteiger charge is 2.36. The third kappa shape index (κ3) is 10.5. The van der Waals surface area contributed by atoms with Crippen LogP contribution in [0.15, 0.2) is 146 Å². The van der Waals surface area contributed by atoms with E-state index in [-0.39, 0.29) is 48.5 Å². The van der Waals surface area contributed by atoms with E-state index in [0.717, 1.165) is 23.5 Å². The number of methoxy groups -OCH3 is 4. The number of carbonyl (C=O) groups excluding carboxylic acids is 3. The first-order chi connectivity index (χ1) is 34.0. The average molecular weight is 955 g/mol. The number of benzene rings is 6. The molecule has 0 radical (unpaired) electrons. The third-order valence-corrected chi connectivity index (χ3v) is 14.2. The minimum atomic E-state index is -1.51. The van der Waals surface area contributed by atoms with Gasteiger partial charge in [-0.15, -0.1) is 0 Å². The second-order valence-corrected chi connectivity index (χ2v) is 23.7. The summed E-state index contributed by atoms with van der Waals surface area (Å²) >= 11 is 0. The van der Waals surface area contributed by atoms with Gasteiger partial charge in [-0.25, -0.2) is 0 Å². The van der Waals surface area contributed by atoms with Gasteiger partial charge in [0, 0.05) is 54.4 Å². The van der Waals surface area contributed by atoms with Crippen molar-refractivity contribution in [3.05, 3.63) is 185 Å². The van der Waals surface area contributed by atoms with Gasteiger partial charge in [0.15, 0.2) is 6.29 Å². The van der Waals surface area contributed by atoms with Crippen LogP contribution in [0, 0.1) is 0 Å². The Labute approximate surface area is 410 Å². The number of ether oxygens (including phenoxy) is 6. The Morgan fingerprint density at radius 1 is 0.557 bits per heavy atom. The molecule has 0 unspecified atom stereocenters. The van der Waals surface area contributed by atoms with Gasteiger partial charge in [0.25, 0.3) is 0 Å². The van der Waals surface area contributed by atoms with Gasteiger partial charge in [-0.3, -0.25) is 14.4 Å². The number of aromatic nitrogens is 2. The number of hydrogen-bond acceptors (Lipinski definition) is 9. The lowest BCUT2D eigenvalue weighted by atomic mass is 9.89. The fraction of sp³-hybridized carbons (Fsp3) is 0.224. The Morgan fingerprint density at radius 3 is 1.61 bits per heavy atom. The molecule has 0 amide bonds. The molecule has 0 bridgehead atoms. The summed E-state index contributed by atoms with van der Waals surface area (Å²) in [6.07, 6.45) is 1.24. The van der Waals surface area contributed by atoms with Crippen LogP contribution in [0.25, 0.3) is 33.2 Å². The summed E-state index contributed by atoms with van der Waals surface area (Å²) in [6, 6.07) is 45.5. The lowest BCUT2D eigenvalue weighted by molar-refractivity contribution is 0.0861. The smallest absolute Gasteiger partial charge is 0.210 e. The van der Waals surface area contributed by atoms with E-state index in [9.17, 15) is 4.79 Å². The summed E-state index contributed by atoms with van der Waals surface area (Å²) in [4.78, 5) is 45.8. The first kappa shape index (κ1) is 48.8. The van der Waals surface area contributed by atoms with Gasteiger partial charge in [0.1, 0.15) is 42.1 Å². The maximum Gasteiger partial charge on any atom is 0.210 e. The number of fused-ring (bicyclic) bond motifs is 1. The van der Waals surface area contributed by atoms with E-state index in [1.807, 2.05) is 106 Å². The van der Waals surface area contributed by atoms with Gasteiger partial charge in [-0.2, -0.15) is 0 Å². The maximum absolute atomic E-state index is 15.9. The van der Waals surface area contributed by atoms with Crippen LogP contribution >= 0.6 is 0 Å². The maximum atomic E-state index is 15.9. The molecule has 0 saturated heterocycles. The quantitative estimate of drug-likeness (QED) is 0.0283. The molecule has 70 heavy (non-hydrogen) atoms. The van der Waals surface area contributed by atoms with E-state index in [4.69, 9.17) is 28.4 Å². The van der Waals surface area contributed by atoms with E-state index < -0.39 is 8.07 Å². The van der Waals surface area contributed by atoms with Gasteiger partial charge in [0.2, 0.25) is 11.6 Å². The molecular weight excluding hydrogens is 897 g/mol. The second kappa shape index (κ2) is 21.7. The molecule has 0 aliphatic carbocycles. The van der Waals surface area contributed by atoms with Crippen LogP contribution in [0.3, 0.4) is 0 Å². The van der Waals surface area contributed by atoms with Crippen LogP contribution in [-0.4, -0.2) is 70.1 Å². The summed E-state index contributed by atoms with van der Waals surface area (Å²) < 4.78 is 39.0. The van der Waals surface area contributed by atoms with Crippen LogP contribution in [-0.2, 0) is 31.0 Å². The minimum absolute atomic E-state index is 0.0240. The van der Waals surface area contributed by atoms with Crippen LogP contribution in [0.5, 0.6) is 28.7 Å². The number of ketones is 2. The SMILES string of the molecule is COc1ccc(CCn2c(C(=O)c3ccc(OC)cc3)c(-c3ccc(OC)cc3)c(-c3c(C=O)n(COCC[Si](C)(C)C)c4c(OCc5ccccc5)cccc34)c2C(=O)c2ccc(OC)cc2)cc1. The number of para-hydroxylation sites is 1. The number of hydrogen-bond donors (Lipinski definition) is 0. The van der Waals surface area contributed by atoms with E-state index in [2.05, 4.69) is 19.6 Å². The van der Waals surface area contributed by atoms with Crippen molar-refractivity contribution in [2.75, 3.05) is 35.0 Å². The zero-order valence-electron chi connectivity index (χ0n) is 40.7. The number of rotatable bonds is 22. The Kier molecular flexibility index (Phi) is 15.1. The lowest BCUT2D eigenvalue weighted by Crippen LogP contribution is -2.22. The molecule has 8 aromatic rings. The van der Waals surface area contributed by atoms with Crippen LogP contribution in [0.4, 0.5) is 0 Å². The van der Waals surface area contributed by atoms with Crippen molar-refractivity contribution in [2.45, 2.75) is 52.0 Å². The molecule has 12 heteroatoms. The number of aldehydes is 1. The number of carbonyl (C=O) groups is 3. The first-order valence-electron chi connectivity index (χ1n) is 23.2. The molecule has 8 rings (SSSR count). The molecule has 2 aromatic heterocycles. The van der Waals surface area contributed by atoms with E-state index in [0.29, 0.717) is 86.1 Å². The number of nitrogens with zero attached hydrogens (tertiary/aromatic N) is 2. The van der Waals surface area contributed by atoms with Gasteiger partial charge in [0.05, 0.1) is 51.0 Å². The predicted octanol–water partition coefficient (Wildman–Crippen LogP) is 12.2. The molecule has 0 N–H and O–H groups in total. The summed E-state index contributed by atoms with van der Waals surface area (Å²) in [5.74, 6) is 2.28. The van der Waals surface area contributed by atoms with Gasteiger partial charge >= 0.3 is 0 Å². The van der Waals surface area contributed by atoms with Crippen LogP contribution in [0.1, 0.15) is 53.7 Å². The molecule has 11 nitrogen and oxygen atoms in total. The van der Waals surface area contributed by atoms with Crippen molar-refractivity contribution in [1.82, 2.24) is 9.13 Å². The van der Waals surface area contributed by atoms with Crippen molar-refractivity contribution < 1.29 is 42.8 Å². The third-order valence-electron chi connectivity index (χ3n) is 12.5. The van der Waals surface area contributed by atoms with Crippen molar-refractivity contribution >= 4 is 36.8 Å². The van der Waals surface area contributed by atoms with E-state index in [1.54, 1.807) is 77.0 Å². The molecular formula is C58H58N2O9Si. The summed E-state index contributed by atoms with van der Waals surface area (Å²) in [5, 5.41) is 0.635. The monoisotopic (exact) mass is 954 g/mol. The Morgan fingerprint density at radius 2 is 1.09 bits per heavy atom. The Balaban J connectivity index is 1.50. The first-order valence-corrected chi connectivity index (χ1v) is 26.9. The molecule has 6 aromatic carbocycles.